The molecule has 0 saturated heterocycles. The van der Waals surface area contributed by atoms with Crippen LogP contribution in [0.5, 0.6) is 0 Å². The Kier molecular flexibility index (Phi) is 13.3. The highest BCUT2D eigenvalue weighted by molar-refractivity contribution is 5.78. The van der Waals surface area contributed by atoms with Crippen LogP contribution in [0.25, 0.3) is 0 Å². The molecule has 2 amide bonds. The summed E-state index contributed by atoms with van der Waals surface area (Å²) >= 11 is 0. The van der Waals surface area contributed by atoms with Crippen molar-refractivity contribution in [1.29, 1.82) is 0 Å². The summed E-state index contributed by atoms with van der Waals surface area (Å²) in [7, 11) is 0. The van der Waals surface area contributed by atoms with Crippen molar-refractivity contribution >= 4 is 23.8 Å². The molecule has 220 valence electrons. The highest BCUT2D eigenvalue weighted by Crippen LogP contribution is 2.36. The van der Waals surface area contributed by atoms with E-state index in [4.69, 9.17) is 9.84 Å². The second kappa shape index (κ2) is 14.9. The number of carboxylic acids is 1. The minimum atomic E-state index is -0.727. The number of hydrogen-bond acceptors (Lipinski definition) is 5. The molecule has 2 aliphatic carbocycles. The molecule has 0 heterocycles. The summed E-state index contributed by atoms with van der Waals surface area (Å²) in [6, 6.07) is 0.148. The molecular formula is C30H54N2O6. The van der Waals surface area contributed by atoms with Gasteiger partial charge < -0.3 is 20.5 Å². The Morgan fingerprint density at radius 3 is 1.42 bits per heavy atom. The lowest BCUT2D eigenvalue weighted by Gasteiger charge is -2.20. The van der Waals surface area contributed by atoms with Gasteiger partial charge in [0.25, 0.3) is 0 Å². The maximum atomic E-state index is 12.0. The number of carbonyl (C=O) groups is 4. The lowest BCUT2D eigenvalue weighted by atomic mass is 9.92. The normalized spacial score (nSPS) is 27.2. The van der Waals surface area contributed by atoms with Crippen LogP contribution in [-0.4, -0.2) is 47.6 Å². The smallest absolute Gasteiger partial charge is 0.309 e. The zero-order valence-corrected chi connectivity index (χ0v) is 25.3. The molecule has 8 heteroatoms. The monoisotopic (exact) mass is 538 g/mol. The zero-order chi connectivity index (χ0) is 29.3. The second-order valence-electron chi connectivity index (χ2n) is 13.6. The van der Waals surface area contributed by atoms with Gasteiger partial charge >= 0.3 is 11.9 Å². The van der Waals surface area contributed by atoms with Crippen molar-refractivity contribution in [3.8, 4) is 0 Å². The summed E-state index contributed by atoms with van der Waals surface area (Å²) in [5.74, 6) is -0.539. The molecule has 0 aliphatic heterocycles. The quantitative estimate of drug-likeness (QED) is 0.341. The van der Waals surface area contributed by atoms with E-state index >= 15 is 0 Å². The number of nitrogens with one attached hydrogen (secondary N) is 2. The maximum Gasteiger partial charge on any atom is 0.309 e. The number of amides is 2. The van der Waals surface area contributed by atoms with Crippen molar-refractivity contribution in [3.05, 3.63) is 0 Å². The Morgan fingerprint density at radius 2 is 1.11 bits per heavy atom. The van der Waals surface area contributed by atoms with Crippen LogP contribution in [0.4, 0.5) is 0 Å². The molecule has 38 heavy (non-hydrogen) atoms. The first-order chi connectivity index (χ1) is 17.5. The average molecular weight is 539 g/mol. The van der Waals surface area contributed by atoms with E-state index in [0.29, 0.717) is 38.2 Å². The molecule has 2 rings (SSSR count). The molecule has 0 aromatic rings. The van der Waals surface area contributed by atoms with Gasteiger partial charge in [-0.2, -0.15) is 0 Å². The van der Waals surface area contributed by atoms with Gasteiger partial charge in [-0.3, -0.25) is 19.2 Å². The fraction of sp³-hybridized carbons (Fsp3) is 0.867. The Balaban J connectivity index is 0.000000382. The number of carbonyl (C=O) groups excluding carboxylic acids is 3. The molecule has 3 N–H and O–H groups in total. The van der Waals surface area contributed by atoms with Gasteiger partial charge in [0.1, 0.15) is 0 Å². The SMILES string of the molecule is CCC1CC(NC(=O)CC(C)(C)C)CC1C(=O)O.CCOC(=O)C1CC(NC(=O)CC(C)(C)C)CC1CC. The average Bonchev–Trinajstić information content (AvgIpc) is 3.35. The Hall–Kier alpha value is -2.12. The molecule has 0 aromatic carbocycles. The Bertz CT molecular complexity index is 798. The van der Waals surface area contributed by atoms with E-state index < -0.39 is 5.97 Å². The van der Waals surface area contributed by atoms with E-state index in [0.717, 1.165) is 25.7 Å². The van der Waals surface area contributed by atoms with Crippen LogP contribution in [-0.2, 0) is 23.9 Å². The van der Waals surface area contributed by atoms with Gasteiger partial charge in [0, 0.05) is 24.9 Å². The Morgan fingerprint density at radius 1 is 0.711 bits per heavy atom. The molecule has 0 spiro atoms. The molecule has 0 aromatic heterocycles. The number of ether oxygens (including phenoxy) is 1. The van der Waals surface area contributed by atoms with E-state index in [2.05, 4.69) is 38.3 Å². The summed E-state index contributed by atoms with van der Waals surface area (Å²) in [5.41, 5.74) is -0.0353. The van der Waals surface area contributed by atoms with Gasteiger partial charge in [-0.1, -0.05) is 68.2 Å². The lowest BCUT2D eigenvalue weighted by Crippen LogP contribution is -2.35. The standard InChI is InChI=1S/C16H29NO3.C14H25NO3/c1-6-11-8-12(9-13(11)15(19)20-7-2)17-14(18)10-16(3,4)5;1-5-9-6-10(7-11(9)13(17)18)15-12(16)8-14(2,3)4/h11-13H,6-10H2,1-5H3,(H,17,18);9-11H,5-8H2,1-4H3,(H,15,16)(H,17,18). The minimum absolute atomic E-state index is 0.00656. The van der Waals surface area contributed by atoms with Crippen molar-refractivity contribution in [2.45, 2.75) is 126 Å². The maximum absolute atomic E-state index is 12.0. The van der Waals surface area contributed by atoms with E-state index in [9.17, 15) is 19.2 Å². The number of carboxylic acid groups (broad SMARTS) is 1. The van der Waals surface area contributed by atoms with Crippen molar-refractivity contribution in [2.24, 2.45) is 34.5 Å². The van der Waals surface area contributed by atoms with Crippen LogP contribution in [0.2, 0.25) is 0 Å². The van der Waals surface area contributed by atoms with E-state index in [1.54, 1.807) is 0 Å². The van der Waals surface area contributed by atoms with Crippen LogP contribution in [0.1, 0.15) is 114 Å². The van der Waals surface area contributed by atoms with Gasteiger partial charge in [-0.15, -0.1) is 0 Å². The van der Waals surface area contributed by atoms with Gasteiger partial charge in [0.2, 0.25) is 11.8 Å². The van der Waals surface area contributed by atoms with Gasteiger partial charge in [-0.25, -0.2) is 0 Å². The fourth-order valence-corrected chi connectivity index (χ4v) is 5.75. The Labute approximate surface area is 230 Å². The van der Waals surface area contributed by atoms with Crippen LogP contribution in [0.15, 0.2) is 0 Å². The predicted octanol–water partition coefficient (Wildman–Crippen LogP) is 5.33. The molecule has 6 unspecified atom stereocenters. The van der Waals surface area contributed by atoms with Gasteiger partial charge in [0.15, 0.2) is 0 Å². The van der Waals surface area contributed by atoms with E-state index in [1.807, 2.05) is 34.6 Å². The van der Waals surface area contributed by atoms with Crippen molar-refractivity contribution in [3.63, 3.8) is 0 Å². The first kappa shape index (κ1) is 33.9. The number of esters is 1. The molecule has 2 saturated carbocycles. The molecular weight excluding hydrogens is 484 g/mol. The predicted molar refractivity (Wildman–Crippen MR) is 149 cm³/mol. The van der Waals surface area contributed by atoms with Crippen molar-refractivity contribution in [1.82, 2.24) is 10.6 Å². The minimum Gasteiger partial charge on any atom is -0.481 e. The molecule has 6 atom stereocenters. The highest BCUT2D eigenvalue weighted by atomic mass is 16.5. The lowest BCUT2D eigenvalue weighted by molar-refractivity contribution is -0.149. The summed E-state index contributed by atoms with van der Waals surface area (Å²) in [6.07, 6.45) is 5.79. The number of hydrogen-bond donors (Lipinski definition) is 3. The summed E-state index contributed by atoms with van der Waals surface area (Å²) in [4.78, 5) is 46.9. The molecule has 2 fully saturated rings. The fourth-order valence-electron chi connectivity index (χ4n) is 5.75. The third-order valence-electron chi connectivity index (χ3n) is 7.46. The molecule has 0 radical (unpaired) electrons. The van der Waals surface area contributed by atoms with Gasteiger partial charge in [0.05, 0.1) is 18.4 Å². The van der Waals surface area contributed by atoms with Crippen molar-refractivity contribution in [2.75, 3.05) is 6.61 Å². The van der Waals surface area contributed by atoms with Crippen LogP contribution in [0.3, 0.4) is 0 Å². The van der Waals surface area contributed by atoms with Crippen LogP contribution < -0.4 is 10.6 Å². The summed E-state index contributed by atoms with van der Waals surface area (Å²) in [6.45, 7) is 18.6. The largest absolute Gasteiger partial charge is 0.481 e. The highest BCUT2D eigenvalue weighted by Gasteiger charge is 2.40. The van der Waals surface area contributed by atoms with E-state index in [-0.39, 0.29) is 58.5 Å². The van der Waals surface area contributed by atoms with Gasteiger partial charge in [-0.05, 0) is 55.3 Å². The van der Waals surface area contributed by atoms with Crippen LogP contribution in [0, 0.1) is 34.5 Å². The summed E-state index contributed by atoms with van der Waals surface area (Å²) < 4.78 is 5.14. The van der Waals surface area contributed by atoms with Crippen LogP contribution >= 0.6 is 0 Å². The topological polar surface area (TPSA) is 122 Å². The third kappa shape index (κ3) is 12.2. The first-order valence-electron chi connectivity index (χ1n) is 14.5. The zero-order valence-electron chi connectivity index (χ0n) is 25.3. The van der Waals surface area contributed by atoms with Crippen molar-refractivity contribution < 1.29 is 29.0 Å². The molecule has 0 bridgehead atoms. The molecule has 8 nitrogen and oxygen atoms in total. The third-order valence-corrected chi connectivity index (χ3v) is 7.46. The number of aliphatic carboxylic acids is 1. The van der Waals surface area contributed by atoms with E-state index in [1.165, 1.54) is 0 Å². The molecule has 2 aliphatic rings. The first-order valence-corrected chi connectivity index (χ1v) is 14.5. The second-order valence-corrected chi connectivity index (χ2v) is 13.6. The summed E-state index contributed by atoms with van der Waals surface area (Å²) in [5, 5.41) is 15.2. The number of rotatable bonds is 9.